The lowest BCUT2D eigenvalue weighted by Gasteiger charge is -2.10. The predicted octanol–water partition coefficient (Wildman–Crippen LogP) is 3.29. The average molecular weight is 264 g/mol. The fourth-order valence-corrected chi connectivity index (χ4v) is 2.85. The molecule has 1 aliphatic rings. The molecular weight excluding hydrogens is 246 g/mol. The number of nitrogens with zero attached hydrogens (tertiary/aromatic N) is 1. The maximum Gasteiger partial charge on any atom is 0.108 e. The Kier molecular flexibility index (Phi) is 3.52. The van der Waals surface area contributed by atoms with Crippen molar-refractivity contribution in [3.63, 3.8) is 0 Å². The summed E-state index contributed by atoms with van der Waals surface area (Å²) in [7, 11) is 0. The minimum Gasteiger partial charge on any atom is -0.342 e. The van der Waals surface area contributed by atoms with Crippen molar-refractivity contribution in [2.45, 2.75) is 38.1 Å². The second-order valence-electron chi connectivity index (χ2n) is 5.03. The Balaban J connectivity index is 1.60. The fraction of sp³-hybridized carbons (Fsp3) is 0.500. The standard InChI is InChI=1S/C14H18ClN3/c15-10-5-6-12-13(9-10)18-14(17-12)7-8-16-11-3-1-2-4-11/h5-6,9,11,16H,1-4,7-8H2,(H,17,18). The first-order valence-electron chi connectivity index (χ1n) is 6.69. The molecule has 0 saturated heterocycles. The molecule has 0 amide bonds. The average Bonchev–Trinajstić information content (AvgIpc) is 2.97. The molecule has 4 heteroatoms. The van der Waals surface area contributed by atoms with E-state index in [2.05, 4.69) is 15.3 Å². The molecule has 0 unspecified atom stereocenters. The van der Waals surface area contributed by atoms with Gasteiger partial charge in [0.05, 0.1) is 11.0 Å². The lowest BCUT2D eigenvalue weighted by Crippen LogP contribution is -2.28. The van der Waals surface area contributed by atoms with Crippen LogP contribution in [-0.2, 0) is 6.42 Å². The monoisotopic (exact) mass is 263 g/mol. The first kappa shape index (κ1) is 12.0. The molecule has 1 heterocycles. The Morgan fingerprint density at radius 2 is 2.17 bits per heavy atom. The smallest absolute Gasteiger partial charge is 0.108 e. The largest absolute Gasteiger partial charge is 0.342 e. The second kappa shape index (κ2) is 5.29. The maximum absolute atomic E-state index is 5.96. The van der Waals surface area contributed by atoms with Crippen molar-refractivity contribution in [1.29, 1.82) is 0 Å². The highest BCUT2D eigenvalue weighted by molar-refractivity contribution is 6.31. The van der Waals surface area contributed by atoms with Crippen LogP contribution >= 0.6 is 11.6 Å². The third-order valence-electron chi connectivity index (χ3n) is 3.64. The summed E-state index contributed by atoms with van der Waals surface area (Å²) in [6.45, 7) is 0.998. The molecule has 3 rings (SSSR count). The number of fused-ring (bicyclic) bond motifs is 1. The first-order valence-corrected chi connectivity index (χ1v) is 7.06. The van der Waals surface area contributed by atoms with Crippen LogP contribution in [0.5, 0.6) is 0 Å². The number of hydrogen-bond donors (Lipinski definition) is 2. The van der Waals surface area contributed by atoms with Gasteiger partial charge in [-0.05, 0) is 31.0 Å². The molecule has 1 aromatic carbocycles. The van der Waals surface area contributed by atoms with Crippen LogP contribution < -0.4 is 5.32 Å². The third-order valence-corrected chi connectivity index (χ3v) is 3.88. The van der Waals surface area contributed by atoms with Crippen LogP contribution in [0.25, 0.3) is 11.0 Å². The zero-order valence-corrected chi connectivity index (χ0v) is 11.1. The maximum atomic E-state index is 5.96. The van der Waals surface area contributed by atoms with Crippen LogP contribution in [0, 0.1) is 0 Å². The molecule has 2 aromatic rings. The molecular formula is C14H18ClN3. The van der Waals surface area contributed by atoms with E-state index in [1.54, 1.807) is 0 Å². The molecule has 0 atom stereocenters. The van der Waals surface area contributed by atoms with Gasteiger partial charge in [-0.15, -0.1) is 0 Å². The van der Waals surface area contributed by atoms with E-state index < -0.39 is 0 Å². The Bertz CT molecular complexity index is 529. The van der Waals surface area contributed by atoms with Gasteiger partial charge in [-0.2, -0.15) is 0 Å². The molecule has 2 N–H and O–H groups in total. The van der Waals surface area contributed by atoms with Crippen LogP contribution in [0.1, 0.15) is 31.5 Å². The van der Waals surface area contributed by atoms with Gasteiger partial charge >= 0.3 is 0 Å². The van der Waals surface area contributed by atoms with Crippen LogP contribution in [0.2, 0.25) is 5.02 Å². The highest BCUT2D eigenvalue weighted by atomic mass is 35.5. The minimum atomic E-state index is 0.726. The zero-order chi connectivity index (χ0) is 12.4. The zero-order valence-electron chi connectivity index (χ0n) is 10.4. The van der Waals surface area contributed by atoms with E-state index in [1.807, 2.05) is 18.2 Å². The molecule has 1 fully saturated rings. The number of aromatic amines is 1. The van der Waals surface area contributed by atoms with Crippen molar-refractivity contribution in [2.75, 3.05) is 6.54 Å². The van der Waals surface area contributed by atoms with Crippen LogP contribution in [-0.4, -0.2) is 22.6 Å². The number of hydrogen-bond acceptors (Lipinski definition) is 2. The number of imidazole rings is 1. The molecule has 96 valence electrons. The summed E-state index contributed by atoms with van der Waals surface area (Å²) in [5.41, 5.74) is 2.02. The summed E-state index contributed by atoms with van der Waals surface area (Å²) < 4.78 is 0. The van der Waals surface area contributed by atoms with Crippen LogP contribution in [0.15, 0.2) is 18.2 Å². The molecule has 18 heavy (non-hydrogen) atoms. The Labute approximate surface area is 112 Å². The summed E-state index contributed by atoms with van der Waals surface area (Å²) in [4.78, 5) is 7.89. The van der Waals surface area contributed by atoms with Gasteiger partial charge in [0.1, 0.15) is 5.82 Å². The van der Waals surface area contributed by atoms with E-state index in [-0.39, 0.29) is 0 Å². The number of nitrogens with one attached hydrogen (secondary N) is 2. The summed E-state index contributed by atoms with van der Waals surface area (Å²) >= 11 is 5.96. The van der Waals surface area contributed by atoms with Gasteiger partial charge in [-0.25, -0.2) is 4.98 Å². The van der Waals surface area contributed by atoms with E-state index in [4.69, 9.17) is 11.6 Å². The van der Waals surface area contributed by atoms with Gasteiger partial charge in [0.2, 0.25) is 0 Å². The van der Waals surface area contributed by atoms with Gasteiger partial charge in [-0.3, -0.25) is 0 Å². The van der Waals surface area contributed by atoms with Crippen molar-refractivity contribution < 1.29 is 0 Å². The highest BCUT2D eigenvalue weighted by Gasteiger charge is 2.13. The number of halogens is 1. The van der Waals surface area contributed by atoms with Crippen molar-refractivity contribution >= 4 is 22.6 Å². The summed E-state index contributed by atoms with van der Waals surface area (Å²) in [5.74, 6) is 1.04. The number of rotatable bonds is 4. The van der Waals surface area contributed by atoms with E-state index in [9.17, 15) is 0 Å². The number of aromatic nitrogens is 2. The van der Waals surface area contributed by atoms with E-state index >= 15 is 0 Å². The molecule has 0 bridgehead atoms. The molecule has 0 radical (unpaired) electrons. The van der Waals surface area contributed by atoms with Crippen molar-refractivity contribution in [3.05, 3.63) is 29.0 Å². The van der Waals surface area contributed by atoms with Crippen molar-refractivity contribution in [3.8, 4) is 0 Å². The first-order chi connectivity index (χ1) is 8.81. The molecule has 1 aromatic heterocycles. The molecule has 0 spiro atoms. The van der Waals surface area contributed by atoms with Crippen molar-refractivity contribution in [2.24, 2.45) is 0 Å². The Morgan fingerprint density at radius 3 is 3.00 bits per heavy atom. The predicted molar refractivity (Wildman–Crippen MR) is 75.1 cm³/mol. The SMILES string of the molecule is Clc1ccc2nc(CCNC3CCCC3)[nH]c2c1. The van der Waals surface area contributed by atoms with Gasteiger partial charge in [0.25, 0.3) is 0 Å². The Hall–Kier alpha value is -1.06. The van der Waals surface area contributed by atoms with Crippen LogP contribution in [0.4, 0.5) is 0 Å². The lowest BCUT2D eigenvalue weighted by molar-refractivity contribution is 0.524. The van der Waals surface area contributed by atoms with Gasteiger partial charge < -0.3 is 10.3 Å². The molecule has 1 aliphatic carbocycles. The van der Waals surface area contributed by atoms with E-state index in [0.29, 0.717) is 0 Å². The van der Waals surface area contributed by atoms with Gasteiger partial charge in [0.15, 0.2) is 0 Å². The quantitative estimate of drug-likeness (QED) is 0.889. The summed E-state index contributed by atoms with van der Waals surface area (Å²) in [6, 6.07) is 6.49. The molecule has 0 aliphatic heterocycles. The summed E-state index contributed by atoms with van der Waals surface area (Å²) in [5, 5.41) is 4.35. The topological polar surface area (TPSA) is 40.7 Å². The second-order valence-corrected chi connectivity index (χ2v) is 5.47. The molecule has 1 saturated carbocycles. The number of benzene rings is 1. The normalized spacial score (nSPS) is 16.7. The number of H-pyrrole nitrogens is 1. The van der Waals surface area contributed by atoms with Gasteiger partial charge in [0, 0.05) is 24.0 Å². The highest BCUT2D eigenvalue weighted by Crippen LogP contribution is 2.18. The van der Waals surface area contributed by atoms with E-state index in [1.165, 1.54) is 25.7 Å². The fourth-order valence-electron chi connectivity index (χ4n) is 2.68. The lowest BCUT2D eigenvalue weighted by atomic mass is 10.2. The summed E-state index contributed by atoms with van der Waals surface area (Å²) in [6.07, 6.45) is 6.36. The van der Waals surface area contributed by atoms with Gasteiger partial charge in [-0.1, -0.05) is 24.4 Å². The van der Waals surface area contributed by atoms with E-state index in [0.717, 1.165) is 40.9 Å². The van der Waals surface area contributed by atoms with Crippen LogP contribution in [0.3, 0.4) is 0 Å². The minimum absolute atomic E-state index is 0.726. The third kappa shape index (κ3) is 2.68. The van der Waals surface area contributed by atoms with Crippen molar-refractivity contribution in [1.82, 2.24) is 15.3 Å². The Morgan fingerprint density at radius 1 is 1.33 bits per heavy atom. The molecule has 3 nitrogen and oxygen atoms in total.